The first-order chi connectivity index (χ1) is 12.9. The van der Waals surface area contributed by atoms with E-state index in [1.165, 1.54) is 12.5 Å². The monoisotopic (exact) mass is 365 g/mol. The van der Waals surface area contributed by atoms with Crippen LogP contribution in [0.4, 0.5) is 5.69 Å². The molecule has 1 heterocycles. The molecule has 2 aromatic rings. The predicted octanol–water partition coefficient (Wildman–Crippen LogP) is 3.40. The zero-order valence-electron chi connectivity index (χ0n) is 16.4. The van der Waals surface area contributed by atoms with Crippen molar-refractivity contribution in [1.29, 1.82) is 0 Å². The summed E-state index contributed by atoms with van der Waals surface area (Å²) in [5.74, 6) is -0.0366. The molecule has 0 aliphatic carbocycles. The molecule has 0 saturated carbocycles. The van der Waals surface area contributed by atoms with Crippen LogP contribution in [0.25, 0.3) is 11.1 Å². The highest BCUT2D eigenvalue weighted by Gasteiger charge is 2.32. The van der Waals surface area contributed by atoms with Gasteiger partial charge in [-0.15, -0.1) is 0 Å². The third-order valence-electron chi connectivity index (χ3n) is 5.06. The van der Waals surface area contributed by atoms with Crippen LogP contribution in [0.1, 0.15) is 44.4 Å². The lowest BCUT2D eigenvalue weighted by Crippen LogP contribution is -2.45. The summed E-state index contributed by atoms with van der Waals surface area (Å²) in [5, 5.41) is 6.20. The van der Waals surface area contributed by atoms with E-state index in [0.29, 0.717) is 6.42 Å². The molecular formula is C22H27N3O2. The Bertz CT molecular complexity index is 845. The molecule has 2 amide bonds. The van der Waals surface area contributed by atoms with Crippen LogP contribution < -0.4 is 15.5 Å². The SMILES string of the molecule is CNCc1ccc(-c2ccc3c(c2)C(NC(C)=O)CC(C)N3C(C)=O)cc1. The van der Waals surface area contributed by atoms with Crippen molar-refractivity contribution in [2.45, 2.75) is 45.8 Å². The largest absolute Gasteiger partial charge is 0.349 e. The second-order valence-corrected chi connectivity index (χ2v) is 7.23. The summed E-state index contributed by atoms with van der Waals surface area (Å²) >= 11 is 0. The molecule has 27 heavy (non-hydrogen) atoms. The minimum atomic E-state index is -0.0911. The lowest BCUT2D eigenvalue weighted by molar-refractivity contribution is -0.119. The molecule has 5 heteroatoms. The van der Waals surface area contributed by atoms with Crippen molar-refractivity contribution < 1.29 is 9.59 Å². The van der Waals surface area contributed by atoms with Crippen LogP contribution in [0, 0.1) is 0 Å². The van der Waals surface area contributed by atoms with Gasteiger partial charge in [-0.3, -0.25) is 9.59 Å². The fourth-order valence-electron chi connectivity index (χ4n) is 3.92. The molecule has 142 valence electrons. The molecule has 2 aromatic carbocycles. The summed E-state index contributed by atoms with van der Waals surface area (Å²) in [4.78, 5) is 25.7. The second kappa shape index (κ2) is 7.92. The normalized spacial score (nSPS) is 18.7. The maximum Gasteiger partial charge on any atom is 0.224 e. The van der Waals surface area contributed by atoms with Crippen LogP contribution in [0.3, 0.4) is 0 Å². The lowest BCUT2D eigenvalue weighted by Gasteiger charge is -2.39. The van der Waals surface area contributed by atoms with Gasteiger partial charge >= 0.3 is 0 Å². The zero-order valence-corrected chi connectivity index (χ0v) is 16.4. The Labute approximate surface area is 160 Å². The number of rotatable bonds is 4. The summed E-state index contributed by atoms with van der Waals surface area (Å²) in [6.45, 7) is 5.98. The van der Waals surface area contributed by atoms with Gasteiger partial charge in [0.05, 0.1) is 6.04 Å². The molecule has 0 radical (unpaired) electrons. The van der Waals surface area contributed by atoms with Gasteiger partial charge < -0.3 is 15.5 Å². The first-order valence-corrected chi connectivity index (χ1v) is 9.35. The second-order valence-electron chi connectivity index (χ2n) is 7.23. The molecule has 0 bridgehead atoms. The van der Waals surface area contributed by atoms with Crippen LogP contribution in [-0.4, -0.2) is 24.9 Å². The van der Waals surface area contributed by atoms with Gasteiger partial charge in [0.25, 0.3) is 0 Å². The van der Waals surface area contributed by atoms with E-state index in [1.54, 1.807) is 6.92 Å². The molecule has 3 rings (SSSR count). The van der Waals surface area contributed by atoms with Crippen LogP contribution >= 0.6 is 0 Å². The fraction of sp³-hybridized carbons (Fsp3) is 0.364. The summed E-state index contributed by atoms with van der Waals surface area (Å²) < 4.78 is 0. The molecule has 2 atom stereocenters. The Morgan fingerprint density at radius 3 is 2.33 bits per heavy atom. The van der Waals surface area contributed by atoms with Gasteiger partial charge in [0.2, 0.25) is 11.8 Å². The molecule has 0 spiro atoms. The molecule has 2 unspecified atom stereocenters. The van der Waals surface area contributed by atoms with Gasteiger partial charge in [-0.25, -0.2) is 0 Å². The Hall–Kier alpha value is -2.66. The van der Waals surface area contributed by atoms with Crippen molar-refractivity contribution in [3.63, 3.8) is 0 Å². The quantitative estimate of drug-likeness (QED) is 0.873. The number of nitrogens with zero attached hydrogens (tertiary/aromatic N) is 1. The predicted molar refractivity (Wildman–Crippen MR) is 108 cm³/mol. The minimum absolute atomic E-state index is 0.0224. The maximum absolute atomic E-state index is 12.2. The number of amides is 2. The van der Waals surface area contributed by atoms with Gasteiger partial charge in [-0.05, 0) is 54.8 Å². The highest BCUT2D eigenvalue weighted by molar-refractivity contribution is 5.94. The fourth-order valence-corrected chi connectivity index (χ4v) is 3.92. The first-order valence-electron chi connectivity index (χ1n) is 9.35. The first kappa shape index (κ1) is 19.1. The Kier molecular flexibility index (Phi) is 5.61. The number of nitrogens with one attached hydrogen (secondary N) is 2. The number of benzene rings is 2. The van der Waals surface area contributed by atoms with Gasteiger partial charge in [-0.2, -0.15) is 0 Å². The summed E-state index contributed by atoms with van der Waals surface area (Å²) in [6.07, 6.45) is 0.705. The average Bonchev–Trinajstić information content (AvgIpc) is 2.61. The van der Waals surface area contributed by atoms with E-state index in [9.17, 15) is 9.59 Å². The number of carbonyl (C=O) groups excluding carboxylic acids is 2. The van der Waals surface area contributed by atoms with E-state index in [0.717, 1.165) is 28.9 Å². The molecule has 5 nitrogen and oxygen atoms in total. The molecule has 1 aliphatic heterocycles. The Morgan fingerprint density at radius 1 is 1.07 bits per heavy atom. The number of anilines is 1. The topological polar surface area (TPSA) is 61.4 Å². The highest BCUT2D eigenvalue weighted by atomic mass is 16.2. The Morgan fingerprint density at radius 2 is 1.74 bits per heavy atom. The number of fused-ring (bicyclic) bond motifs is 1. The Balaban J connectivity index is 2.03. The van der Waals surface area contributed by atoms with E-state index in [4.69, 9.17) is 0 Å². The molecule has 2 N–H and O–H groups in total. The standard InChI is InChI=1S/C22H27N3O2/c1-14-11-21(24-15(2)26)20-12-19(9-10-22(20)25(14)16(3)27)18-7-5-17(6-8-18)13-23-4/h5-10,12,14,21,23H,11,13H2,1-4H3,(H,24,26). The lowest BCUT2D eigenvalue weighted by atomic mass is 9.89. The molecule has 0 fully saturated rings. The van der Waals surface area contributed by atoms with Crippen molar-refractivity contribution in [1.82, 2.24) is 10.6 Å². The van der Waals surface area contributed by atoms with E-state index in [-0.39, 0.29) is 23.9 Å². The molecule has 1 aliphatic rings. The van der Waals surface area contributed by atoms with Gasteiger partial charge in [0.1, 0.15) is 0 Å². The van der Waals surface area contributed by atoms with Crippen molar-refractivity contribution in [2.24, 2.45) is 0 Å². The van der Waals surface area contributed by atoms with Crippen LogP contribution in [0.15, 0.2) is 42.5 Å². The van der Waals surface area contributed by atoms with Crippen molar-refractivity contribution in [3.8, 4) is 11.1 Å². The number of carbonyl (C=O) groups is 2. The van der Waals surface area contributed by atoms with E-state index < -0.39 is 0 Å². The number of hydrogen-bond acceptors (Lipinski definition) is 3. The molecular weight excluding hydrogens is 338 g/mol. The van der Waals surface area contributed by atoms with Crippen molar-refractivity contribution in [2.75, 3.05) is 11.9 Å². The molecule has 0 aromatic heterocycles. The highest BCUT2D eigenvalue weighted by Crippen LogP contribution is 2.39. The summed E-state index contributed by atoms with van der Waals surface area (Å²) in [5.41, 5.74) is 5.31. The van der Waals surface area contributed by atoms with Crippen molar-refractivity contribution >= 4 is 17.5 Å². The van der Waals surface area contributed by atoms with Crippen molar-refractivity contribution in [3.05, 3.63) is 53.6 Å². The summed E-state index contributed by atoms with van der Waals surface area (Å²) in [7, 11) is 1.93. The van der Waals surface area contributed by atoms with Gasteiger partial charge in [-0.1, -0.05) is 30.3 Å². The smallest absolute Gasteiger partial charge is 0.224 e. The third kappa shape index (κ3) is 4.03. The van der Waals surface area contributed by atoms with Gasteiger partial charge in [0, 0.05) is 32.1 Å². The average molecular weight is 365 g/mol. The van der Waals surface area contributed by atoms with E-state index >= 15 is 0 Å². The van der Waals surface area contributed by atoms with Crippen LogP contribution in [0.2, 0.25) is 0 Å². The van der Waals surface area contributed by atoms with Crippen LogP contribution in [0.5, 0.6) is 0 Å². The van der Waals surface area contributed by atoms with E-state index in [1.807, 2.05) is 31.0 Å². The zero-order chi connectivity index (χ0) is 19.6. The van der Waals surface area contributed by atoms with Crippen LogP contribution in [-0.2, 0) is 16.1 Å². The van der Waals surface area contributed by atoms with E-state index in [2.05, 4.69) is 41.0 Å². The number of hydrogen-bond donors (Lipinski definition) is 2. The maximum atomic E-state index is 12.2. The third-order valence-corrected chi connectivity index (χ3v) is 5.06. The summed E-state index contributed by atoms with van der Waals surface area (Å²) in [6, 6.07) is 14.5. The minimum Gasteiger partial charge on any atom is -0.349 e. The molecule has 0 saturated heterocycles. The van der Waals surface area contributed by atoms with Gasteiger partial charge in [0.15, 0.2) is 0 Å².